The van der Waals surface area contributed by atoms with Gasteiger partial charge in [0.1, 0.15) is 18.1 Å². The van der Waals surface area contributed by atoms with Gasteiger partial charge in [-0.05, 0) is 31.3 Å². The molecule has 3 amide bonds. The Labute approximate surface area is 182 Å². The Morgan fingerprint density at radius 2 is 1.23 bits per heavy atom. The first-order valence-corrected chi connectivity index (χ1v) is 10.7. The van der Waals surface area contributed by atoms with Crippen molar-refractivity contribution in [2.45, 2.75) is 50.2 Å². The molecule has 0 aliphatic rings. The van der Waals surface area contributed by atoms with E-state index in [1.54, 1.807) is 6.26 Å². The highest BCUT2D eigenvalue weighted by molar-refractivity contribution is 7.98. The van der Waals surface area contributed by atoms with Crippen LogP contribution in [0.5, 0.6) is 0 Å². The molecule has 0 aromatic heterocycles. The third kappa shape index (κ3) is 12.4. The number of carboxylic acid groups (broad SMARTS) is 3. The molecule has 8 N–H and O–H groups in total. The van der Waals surface area contributed by atoms with Crippen LogP contribution in [0.25, 0.3) is 0 Å². The Kier molecular flexibility index (Phi) is 13.6. The van der Waals surface area contributed by atoms with Gasteiger partial charge in [-0.1, -0.05) is 0 Å². The largest absolute Gasteiger partial charge is 0.481 e. The van der Waals surface area contributed by atoms with Crippen LogP contribution in [0.1, 0.15) is 32.1 Å². The van der Waals surface area contributed by atoms with Crippen LogP contribution in [0.3, 0.4) is 0 Å². The van der Waals surface area contributed by atoms with E-state index in [2.05, 4.69) is 16.0 Å². The molecule has 0 radical (unpaired) electrons. The third-order valence-electron chi connectivity index (χ3n) is 3.99. The van der Waals surface area contributed by atoms with E-state index < -0.39 is 73.1 Å². The summed E-state index contributed by atoms with van der Waals surface area (Å²) in [7, 11) is 0. The smallest absolute Gasteiger partial charge is 0.326 e. The summed E-state index contributed by atoms with van der Waals surface area (Å²) in [4.78, 5) is 69.7. The van der Waals surface area contributed by atoms with Crippen molar-refractivity contribution in [1.29, 1.82) is 0 Å². The molecule has 176 valence electrons. The zero-order valence-electron chi connectivity index (χ0n) is 17.0. The van der Waals surface area contributed by atoms with Crippen molar-refractivity contribution in [1.82, 2.24) is 16.0 Å². The second-order valence-electron chi connectivity index (χ2n) is 6.43. The topological polar surface area (TPSA) is 225 Å². The number of nitrogens with two attached hydrogens (primary N) is 1. The molecule has 0 heterocycles. The summed E-state index contributed by atoms with van der Waals surface area (Å²) in [6, 6.07) is -4.00. The van der Waals surface area contributed by atoms with Gasteiger partial charge in [-0.2, -0.15) is 11.8 Å². The van der Waals surface area contributed by atoms with E-state index in [1.165, 1.54) is 11.8 Å². The molecule has 0 aliphatic heterocycles. The molecule has 0 aromatic carbocycles. The number of carbonyl (C=O) groups excluding carboxylic acids is 3. The summed E-state index contributed by atoms with van der Waals surface area (Å²) in [6.07, 6.45) is 0.240. The van der Waals surface area contributed by atoms with Crippen molar-refractivity contribution in [2.75, 3.05) is 18.6 Å². The maximum atomic E-state index is 12.6. The zero-order chi connectivity index (χ0) is 24.0. The number of hydrogen-bond acceptors (Lipinski definition) is 8. The standard InChI is InChI=1S/C17H28N4O9S/c1-31-7-6-11(17(29)30)21-16(28)10(3-5-14(25)26)20-15(27)9(2-4-13(23)24)19-12(22)8-18/h9-11H,2-8,18H2,1H3,(H,19,22)(H,20,27)(H,21,28)(H,23,24)(H,25,26)(H,29,30). The van der Waals surface area contributed by atoms with Crippen LogP contribution in [0.2, 0.25) is 0 Å². The molecule has 31 heavy (non-hydrogen) atoms. The molecule has 0 aliphatic carbocycles. The fraction of sp³-hybridized carbons (Fsp3) is 0.647. The highest BCUT2D eigenvalue weighted by atomic mass is 32.2. The second kappa shape index (κ2) is 15.0. The number of hydrogen-bond donors (Lipinski definition) is 7. The van der Waals surface area contributed by atoms with Crippen LogP contribution in [0.15, 0.2) is 0 Å². The molecule has 0 spiro atoms. The number of amides is 3. The molecule has 3 atom stereocenters. The average molecular weight is 464 g/mol. The Morgan fingerprint density at radius 3 is 1.61 bits per heavy atom. The fourth-order valence-electron chi connectivity index (χ4n) is 2.36. The van der Waals surface area contributed by atoms with Crippen LogP contribution in [0, 0.1) is 0 Å². The number of aliphatic carboxylic acids is 3. The summed E-state index contributed by atoms with van der Waals surface area (Å²) in [5.41, 5.74) is 5.18. The van der Waals surface area contributed by atoms with Gasteiger partial charge >= 0.3 is 17.9 Å². The van der Waals surface area contributed by atoms with E-state index in [0.717, 1.165) is 0 Å². The summed E-state index contributed by atoms with van der Waals surface area (Å²) < 4.78 is 0. The molecule has 0 saturated carbocycles. The molecule has 0 saturated heterocycles. The molecule has 0 aromatic rings. The molecule has 14 heteroatoms. The average Bonchev–Trinajstić information content (AvgIpc) is 2.70. The summed E-state index contributed by atoms with van der Waals surface area (Å²) >= 11 is 1.37. The van der Waals surface area contributed by atoms with Gasteiger partial charge in [0.25, 0.3) is 0 Å². The molecule has 3 unspecified atom stereocenters. The van der Waals surface area contributed by atoms with E-state index in [-0.39, 0.29) is 19.3 Å². The minimum absolute atomic E-state index is 0.107. The maximum Gasteiger partial charge on any atom is 0.326 e. The van der Waals surface area contributed by atoms with E-state index in [0.29, 0.717) is 5.75 Å². The van der Waals surface area contributed by atoms with E-state index in [9.17, 15) is 33.9 Å². The Hall–Kier alpha value is -2.87. The normalized spacial score (nSPS) is 13.4. The third-order valence-corrected chi connectivity index (χ3v) is 4.63. The van der Waals surface area contributed by atoms with E-state index in [4.69, 9.17) is 15.9 Å². The predicted molar refractivity (Wildman–Crippen MR) is 109 cm³/mol. The minimum atomic E-state index is -1.41. The maximum absolute atomic E-state index is 12.6. The van der Waals surface area contributed by atoms with Gasteiger partial charge in [-0.25, -0.2) is 4.79 Å². The first kappa shape index (κ1) is 28.1. The van der Waals surface area contributed by atoms with Gasteiger partial charge in [0.05, 0.1) is 6.54 Å². The van der Waals surface area contributed by atoms with Crippen LogP contribution in [0.4, 0.5) is 0 Å². The molecule has 0 fully saturated rings. The van der Waals surface area contributed by atoms with Crippen molar-refractivity contribution in [2.24, 2.45) is 5.73 Å². The SMILES string of the molecule is CSCCC(NC(=O)C(CCC(=O)O)NC(=O)C(CCC(=O)O)NC(=O)CN)C(=O)O. The van der Waals surface area contributed by atoms with Gasteiger partial charge in [0, 0.05) is 12.8 Å². The number of carboxylic acids is 3. The van der Waals surface area contributed by atoms with Crippen LogP contribution in [-0.4, -0.2) is 87.6 Å². The van der Waals surface area contributed by atoms with Gasteiger partial charge in [0.15, 0.2) is 0 Å². The second-order valence-corrected chi connectivity index (χ2v) is 7.42. The van der Waals surface area contributed by atoms with Crippen LogP contribution in [-0.2, 0) is 28.8 Å². The summed E-state index contributed by atoms with van der Waals surface area (Å²) in [5, 5.41) is 33.7. The summed E-state index contributed by atoms with van der Waals surface area (Å²) in [5.74, 6) is -5.90. The van der Waals surface area contributed by atoms with Gasteiger partial charge in [-0.3, -0.25) is 24.0 Å². The minimum Gasteiger partial charge on any atom is -0.481 e. The van der Waals surface area contributed by atoms with Crippen molar-refractivity contribution in [3.05, 3.63) is 0 Å². The Morgan fingerprint density at radius 1 is 0.774 bits per heavy atom. The van der Waals surface area contributed by atoms with Gasteiger partial charge < -0.3 is 37.0 Å². The number of thioether (sulfide) groups is 1. The molecular weight excluding hydrogens is 436 g/mol. The number of nitrogens with one attached hydrogen (secondary N) is 3. The zero-order valence-corrected chi connectivity index (χ0v) is 17.8. The van der Waals surface area contributed by atoms with Gasteiger partial charge in [-0.15, -0.1) is 0 Å². The van der Waals surface area contributed by atoms with Crippen molar-refractivity contribution in [3.63, 3.8) is 0 Å². The first-order chi connectivity index (χ1) is 14.5. The van der Waals surface area contributed by atoms with Crippen LogP contribution >= 0.6 is 11.8 Å². The Balaban J connectivity index is 5.41. The lowest BCUT2D eigenvalue weighted by atomic mass is 10.1. The fourth-order valence-corrected chi connectivity index (χ4v) is 2.84. The lowest BCUT2D eigenvalue weighted by Crippen LogP contribution is -2.56. The molecular formula is C17H28N4O9S. The lowest BCUT2D eigenvalue weighted by Gasteiger charge is -2.24. The number of carbonyl (C=O) groups is 6. The lowest BCUT2D eigenvalue weighted by molar-refractivity contribution is -0.143. The van der Waals surface area contributed by atoms with Gasteiger partial charge in [0.2, 0.25) is 17.7 Å². The first-order valence-electron chi connectivity index (χ1n) is 9.27. The molecule has 0 rings (SSSR count). The molecule has 0 bridgehead atoms. The van der Waals surface area contributed by atoms with E-state index >= 15 is 0 Å². The Bertz CT molecular complexity index is 674. The van der Waals surface area contributed by atoms with Crippen molar-refractivity contribution < 1.29 is 44.1 Å². The predicted octanol–water partition coefficient (Wildman–Crippen LogP) is -2.03. The van der Waals surface area contributed by atoms with Crippen LogP contribution < -0.4 is 21.7 Å². The highest BCUT2D eigenvalue weighted by Gasteiger charge is 2.30. The van der Waals surface area contributed by atoms with Crippen molar-refractivity contribution >= 4 is 47.4 Å². The van der Waals surface area contributed by atoms with Crippen molar-refractivity contribution in [3.8, 4) is 0 Å². The van der Waals surface area contributed by atoms with E-state index in [1.807, 2.05) is 0 Å². The number of rotatable bonds is 16. The monoisotopic (exact) mass is 464 g/mol. The summed E-state index contributed by atoms with van der Waals surface area (Å²) in [6.45, 7) is -0.463. The quantitative estimate of drug-likeness (QED) is 0.132. The molecule has 13 nitrogen and oxygen atoms in total. The highest BCUT2D eigenvalue weighted by Crippen LogP contribution is 2.06.